The first-order chi connectivity index (χ1) is 9.32. The van der Waals surface area contributed by atoms with Gasteiger partial charge in [0, 0.05) is 19.0 Å². The van der Waals surface area contributed by atoms with Gasteiger partial charge in [-0.3, -0.25) is 4.68 Å². The van der Waals surface area contributed by atoms with E-state index < -0.39 is 18.6 Å². The topological polar surface area (TPSA) is 29.9 Å². The second kappa shape index (κ2) is 7.31. The van der Waals surface area contributed by atoms with E-state index in [0.717, 1.165) is 5.69 Å². The minimum atomic E-state index is -4.19. The maximum absolute atomic E-state index is 12.6. The van der Waals surface area contributed by atoms with Gasteiger partial charge in [-0.1, -0.05) is 25.4 Å². The molecule has 20 heavy (non-hydrogen) atoms. The number of nitrogens with zero attached hydrogens (tertiary/aromatic N) is 2. The summed E-state index contributed by atoms with van der Waals surface area (Å²) in [6, 6.07) is -0.677. The van der Waals surface area contributed by atoms with E-state index in [0.29, 0.717) is 30.2 Å². The second-order valence-corrected chi connectivity index (χ2v) is 5.03. The SMILES string of the molecule is CCNC(Cc1c(Cl)c(CC)nn1CC)CC(F)(F)F. The first-order valence-corrected chi connectivity index (χ1v) is 7.24. The van der Waals surface area contributed by atoms with Crippen molar-refractivity contribution in [3.05, 3.63) is 16.4 Å². The average Bonchev–Trinajstić information content (AvgIpc) is 2.64. The van der Waals surface area contributed by atoms with E-state index in [4.69, 9.17) is 11.6 Å². The molecule has 0 saturated heterocycles. The number of nitrogens with one attached hydrogen (secondary N) is 1. The van der Waals surface area contributed by atoms with Gasteiger partial charge in [-0.2, -0.15) is 18.3 Å². The molecule has 0 fully saturated rings. The van der Waals surface area contributed by atoms with E-state index in [1.807, 2.05) is 13.8 Å². The summed E-state index contributed by atoms with van der Waals surface area (Å²) in [5.41, 5.74) is 1.42. The van der Waals surface area contributed by atoms with E-state index in [2.05, 4.69) is 10.4 Å². The van der Waals surface area contributed by atoms with Crippen LogP contribution in [0.1, 0.15) is 38.6 Å². The quantitative estimate of drug-likeness (QED) is 0.834. The van der Waals surface area contributed by atoms with Gasteiger partial charge in [0.1, 0.15) is 0 Å². The smallest absolute Gasteiger partial charge is 0.314 e. The summed E-state index contributed by atoms with van der Waals surface area (Å²) < 4.78 is 39.5. The Morgan fingerprint density at radius 1 is 1.30 bits per heavy atom. The number of hydrogen-bond donors (Lipinski definition) is 1. The normalized spacial score (nSPS) is 13.8. The number of likely N-dealkylation sites (N-methyl/N-ethyl adjacent to an activating group) is 1. The first kappa shape index (κ1) is 17.3. The van der Waals surface area contributed by atoms with E-state index in [-0.39, 0.29) is 6.42 Å². The van der Waals surface area contributed by atoms with Crippen molar-refractivity contribution in [1.82, 2.24) is 15.1 Å². The van der Waals surface area contributed by atoms with Crippen LogP contribution in [0, 0.1) is 0 Å². The molecule has 1 aromatic rings. The van der Waals surface area contributed by atoms with Crippen molar-refractivity contribution < 1.29 is 13.2 Å². The van der Waals surface area contributed by atoms with E-state index in [1.54, 1.807) is 11.6 Å². The van der Waals surface area contributed by atoms with Crippen LogP contribution in [-0.4, -0.2) is 28.5 Å². The van der Waals surface area contributed by atoms with Crippen molar-refractivity contribution in [1.29, 1.82) is 0 Å². The molecular formula is C13H21ClF3N3. The summed E-state index contributed by atoms with van der Waals surface area (Å²) in [4.78, 5) is 0. The van der Waals surface area contributed by atoms with Gasteiger partial charge in [-0.25, -0.2) is 0 Å². The summed E-state index contributed by atoms with van der Waals surface area (Å²) in [5, 5.41) is 7.71. The number of aromatic nitrogens is 2. The van der Waals surface area contributed by atoms with Gasteiger partial charge < -0.3 is 5.32 Å². The third-order valence-electron chi connectivity index (χ3n) is 3.10. The highest BCUT2D eigenvalue weighted by atomic mass is 35.5. The fraction of sp³-hybridized carbons (Fsp3) is 0.769. The molecule has 0 saturated carbocycles. The number of aryl methyl sites for hydroxylation is 2. The molecule has 1 aromatic heterocycles. The molecule has 3 nitrogen and oxygen atoms in total. The standard InChI is InChI=1S/C13H21ClF3N3/c1-4-10-12(14)11(20(6-3)19-10)7-9(18-5-2)8-13(15,16)17/h9,18H,4-8H2,1-3H3. The largest absolute Gasteiger partial charge is 0.390 e. The Hall–Kier alpha value is -0.750. The average molecular weight is 312 g/mol. The van der Waals surface area contributed by atoms with Crippen molar-refractivity contribution in [3.63, 3.8) is 0 Å². The molecule has 0 aliphatic carbocycles. The maximum Gasteiger partial charge on any atom is 0.390 e. The monoisotopic (exact) mass is 311 g/mol. The lowest BCUT2D eigenvalue weighted by Gasteiger charge is -2.20. The summed E-state index contributed by atoms with van der Waals surface area (Å²) in [6.07, 6.45) is -4.16. The van der Waals surface area contributed by atoms with Crippen molar-refractivity contribution in [3.8, 4) is 0 Å². The molecule has 1 rings (SSSR count). The predicted octanol–water partition coefficient (Wildman–Crippen LogP) is 3.59. The fourth-order valence-electron chi connectivity index (χ4n) is 2.23. The van der Waals surface area contributed by atoms with Gasteiger partial charge in [-0.15, -0.1) is 0 Å². The maximum atomic E-state index is 12.6. The predicted molar refractivity (Wildman–Crippen MR) is 74.1 cm³/mol. The molecule has 0 amide bonds. The van der Waals surface area contributed by atoms with E-state index >= 15 is 0 Å². The van der Waals surface area contributed by atoms with Crippen molar-refractivity contribution in [2.45, 2.75) is 58.8 Å². The number of halogens is 4. The van der Waals surface area contributed by atoms with Gasteiger partial charge in [0.25, 0.3) is 0 Å². The lowest BCUT2D eigenvalue weighted by molar-refractivity contribution is -0.139. The molecule has 0 aromatic carbocycles. The van der Waals surface area contributed by atoms with Crippen molar-refractivity contribution >= 4 is 11.6 Å². The Kier molecular flexibility index (Phi) is 6.33. The fourth-order valence-corrected chi connectivity index (χ4v) is 2.58. The van der Waals surface area contributed by atoms with Crippen LogP contribution < -0.4 is 5.32 Å². The zero-order valence-electron chi connectivity index (χ0n) is 12.0. The molecule has 0 aliphatic rings. The van der Waals surface area contributed by atoms with Crippen molar-refractivity contribution in [2.24, 2.45) is 0 Å². The summed E-state index contributed by atoms with van der Waals surface area (Å²) in [5.74, 6) is 0. The van der Waals surface area contributed by atoms with Crippen LogP contribution in [-0.2, 0) is 19.4 Å². The van der Waals surface area contributed by atoms with Gasteiger partial charge in [0.2, 0.25) is 0 Å². The van der Waals surface area contributed by atoms with Crippen LogP contribution in [0.3, 0.4) is 0 Å². The third-order valence-corrected chi connectivity index (χ3v) is 3.54. The van der Waals surface area contributed by atoms with Crippen LogP contribution in [0.25, 0.3) is 0 Å². The van der Waals surface area contributed by atoms with Crippen LogP contribution in [0.4, 0.5) is 13.2 Å². The molecule has 0 spiro atoms. The highest BCUT2D eigenvalue weighted by Crippen LogP contribution is 2.27. The van der Waals surface area contributed by atoms with Gasteiger partial charge in [-0.05, 0) is 19.9 Å². The van der Waals surface area contributed by atoms with Crippen LogP contribution in [0.5, 0.6) is 0 Å². The molecule has 1 N–H and O–H groups in total. The Morgan fingerprint density at radius 3 is 2.40 bits per heavy atom. The highest BCUT2D eigenvalue weighted by molar-refractivity contribution is 6.31. The molecule has 1 atom stereocenters. The Morgan fingerprint density at radius 2 is 1.95 bits per heavy atom. The van der Waals surface area contributed by atoms with Crippen LogP contribution in [0.15, 0.2) is 0 Å². The molecule has 0 aliphatic heterocycles. The second-order valence-electron chi connectivity index (χ2n) is 4.65. The van der Waals surface area contributed by atoms with Gasteiger partial charge in [0.05, 0.1) is 22.8 Å². The van der Waals surface area contributed by atoms with Gasteiger partial charge in [0.15, 0.2) is 0 Å². The molecule has 0 bridgehead atoms. The van der Waals surface area contributed by atoms with E-state index in [9.17, 15) is 13.2 Å². The minimum absolute atomic E-state index is 0.229. The summed E-state index contributed by atoms with van der Waals surface area (Å²) in [7, 11) is 0. The number of rotatable bonds is 7. The van der Waals surface area contributed by atoms with Gasteiger partial charge >= 0.3 is 6.18 Å². The first-order valence-electron chi connectivity index (χ1n) is 6.86. The summed E-state index contributed by atoms with van der Waals surface area (Å²) >= 11 is 6.23. The van der Waals surface area contributed by atoms with Crippen LogP contribution >= 0.6 is 11.6 Å². The highest BCUT2D eigenvalue weighted by Gasteiger charge is 2.32. The number of alkyl halides is 3. The Bertz CT molecular complexity index is 429. The lowest BCUT2D eigenvalue weighted by atomic mass is 10.1. The Labute approximate surface area is 122 Å². The Balaban J connectivity index is 2.95. The summed E-state index contributed by atoms with van der Waals surface area (Å²) in [6.45, 7) is 6.70. The van der Waals surface area contributed by atoms with E-state index in [1.165, 1.54) is 0 Å². The zero-order chi connectivity index (χ0) is 15.3. The zero-order valence-corrected chi connectivity index (χ0v) is 12.8. The lowest BCUT2D eigenvalue weighted by Crippen LogP contribution is -2.36. The molecule has 1 heterocycles. The number of hydrogen-bond acceptors (Lipinski definition) is 2. The minimum Gasteiger partial charge on any atom is -0.314 e. The third kappa shape index (κ3) is 4.66. The molecule has 0 radical (unpaired) electrons. The molecule has 1 unspecified atom stereocenters. The molecular weight excluding hydrogens is 291 g/mol. The molecule has 116 valence electrons. The molecule has 7 heteroatoms. The van der Waals surface area contributed by atoms with Crippen LogP contribution in [0.2, 0.25) is 5.02 Å². The van der Waals surface area contributed by atoms with Crippen molar-refractivity contribution in [2.75, 3.05) is 6.54 Å².